The number of benzene rings is 1. The third-order valence-corrected chi connectivity index (χ3v) is 4.60. The first kappa shape index (κ1) is 14.5. The molecule has 1 heterocycles. The van der Waals surface area contributed by atoms with E-state index in [9.17, 15) is 0 Å². The standard InChI is InChI=1S/C17H28N2/c1-4-19-12-10-17(11-13-19)15(3)18-14(2)16-8-6-5-7-9-16/h5-9,14-15,17-18H,4,10-13H2,1-3H3. The average Bonchev–Trinajstić information content (AvgIpc) is 2.48. The van der Waals surface area contributed by atoms with Gasteiger partial charge in [-0.25, -0.2) is 0 Å². The highest BCUT2D eigenvalue weighted by Gasteiger charge is 2.24. The van der Waals surface area contributed by atoms with Crippen LogP contribution in [-0.4, -0.2) is 30.6 Å². The second-order valence-electron chi connectivity index (χ2n) is 5.86. The lowest BCUT2D eigenvalue weighted by atomic mass is 9.89. The lowest BCUT2D eigenvalue weighted by Crippen LogP contribution is -2.42. The van der Waals surface area contributed by atoms with Crippen molar-refractivity contribution >= 4 is 0 Å². The second kappa shape index (κ2) is 7.06. The van der Waals surface area contributed by atoms with Crippen molar-refractivity contribution in [2.45, 2.75) is 45.7 Å². The van der Waals surface area contributed by atoms with E-state index in [1.807, 2.05) is 0 Å². The molecule has 2 nitrogen and oxygen atoms in total. The summed E-state index contributed by atoms with van der Waals surface area (Å²) in [6, 6.07) is 11.8. The van der Waals surface area contributed by atoms with Gasteiger partial charge in [0.05, 0.1) is 0 Å². The zero-order valence-corrected chi connectivity index (χ0v) is 12.6. The molecule has 1 fully saturated rings. The molecule has 2 atom stereocenters. The predicted octanol–water partition coefficient (Wildman–Crippen LogP) is 3.46. The molecule has 0 aromatic heterocycles. The van der Waals surface area contributed by atoms with Gasteiger partial charge < -0.3 is 10.2 Å². The zero-order valence-electron chi connectivity index (χ0n) is 12.6. The Morgan fingerprint density at radius 1 is 1.16 bits per heavy atom. The SMILES string of the molecule is CCN1CCC(C(C)NC(C)c2ccccc2)CC1. The minimum Gasteiger partial charge on any atom is -0.307 e. The van der Waals surface area contributed by atoms with Crippen LogP contribution in [0.15, 0.2) is 30.3 Å². The van der Waals surface area contributed by atoms with Gasteiger partial charge in [-0.3, -0.25) is 0 Å². The highest BCUT2D eigenvalue weighted by atomic mass is 15.1. The van der Waals surface area contributed by atoms with Gasteiger partial charge in [0, 0.05) is 12.1 Å². The molecule has 1 aromatic rings. The lowest BCUT2D eigenvalue weighted by molar-refractivity contribution is 0.165. The molecule has 1 N–H and O–H groups in total. The van der Waals surface area contributed by atoms with E-state index in [-0.39, 0.29) is 0 Å². The van der Waals surface area contributed by atoms with Crippen molar-refractivity contribution in [1.29, 1.82) is 0 Å². The Bertz CT molecular complexity index is 355. The van der Waals surface area contributed by atoms with Crippen LogP contribution < -0.4 is 5.32 Å². The maximum atomic E-state index is 3.78. The number of rotatable bonds is 5. The van der Waals surface area contributed by atoms with E-state index in [1.54, 1.807) is 0 Å². The van der Waals surface area contributed by atoms with Gasteiger partial charge in [0.25, 0.3) is 0 Å². The molecule has 106 valence electrons. The number of hydrogen-bond donors (Lipinski definition) is 1. The number of hydrogen-bond acceptors (Lipinski definition) is 2. The summed E-state index contributed by atoms with van der Waals surface area (Å²) in [7, 11) is 0. The molecule has 2 rings (SSSR count). The molecule has 0 amide bonds. The first-order valence-electron chi connectivity index (χ1n) is 7.74. The van der Waals surface area contributed by atoms with Crippen molar-refractivity contribution in [3.8, 4) is 0 Å². The van der Waals surface area contributed by atoms with Crippen LogP contribution >= 0.6 is 0 Å². The third kappa shape index (κ3) is 4.05. The van der Waals surface area contributed by atoms with E-state index in [0.29, 0.717) is 12.1 Å². The molecule has 2 unspecified atom stereocenters. The second-order valence-corrected chi connectivity index (χ2v) is 5.86. The molecule has 19 heavy (non-hydrogen) atoms. The number of nitrogens with zero attached hydrogens (tertiary/aromatic N) is 1. The first-order valence-corrected chi connectivity index (χ1v) is 7.74. The topological polar surface area (TPSA) is 15.3 Å². The van der Waals surface area contributed by atoms with Crippen molar-refractivity contribution in [3.63, 3.8) is 0 Å². The highest BCUT2D eigenvalue weighted by Crippen LogP contribution is 2.22. The Morgan fingerprint density at radius 2 is 1.79 bits per heavy atom. The van der Waals surface area contributed by atoms with Crippen LogP contribution in [0.25, 0.3) is 0 Å². The van der Waals surface area contributed by atoms with Gasteiger partial charge in [-0.15, -0.1) is 0 Å². The molecular weight excluding hydrogens is 232 g/mol. The van der Waals surface area contributed by atoms with Crippen LogP contribution in [-0.2, 0) is 0 Å². The molecule has 0 spiro atoms. The van der Waals surface area contributed by atoms with Crippen molar-refractivity contribution in [1.82, 2.24) is 10.2 Å². The van der Waals surface area contributed by atoms with E-state index in [1.165, 1.54) is 38.0 Å². The van der Waals surface area contributed by atoms with Gasteiger partial charge in [-0.2, -0.15) is 0 Å². The molecule has 1 aromatic carbocycles. The largest absolute Gasteiger partial charge is 0.307 e. The van der Waals surface area contributed by atoms with Gasteiger partial charge in [0.2, 0.25) is 0 Å². The Balaban J connectivity index is 1.83. The summed E-state index contributed by atoms with van der Waals surface area (Å²) < 4.78 is 0. The first-order chi connectivity index (χ1) is 9.20. The molecular formula is C17H28N2. The molecule has 0 saturated carbocycles. The maximum Gasteiger partial charge on any atom is 0.0294 e. The summed E-state index contributed by atoms with van der Waals surface area (Å²) in [6.45, 7) is 10.6. The van der Waals surface area contributed by atoms with Crippen LogP contribution in [0, 0.1) is 5.92 Å². The number of likely N-dealkylation sites (tertiary alicyclic amines) is 1. The minimum atomic E-state index is 0.445. The number of nitrogens with one attached hydrogen (secondary N) is 1. The van der Waals surface area contributed by atoms with Crippen LogP contribution in [0.4, 0.5) is 0 Å². The fraction of sp³-hybridized carbons (Fsp3) is 0.647. The van der Waals surface area contributed by atoms with E-state index >= 15 is 0 Å². The maximum absolute atomic E-state index is 3.78. The summed E-state index contributed by atoms with van der Waals surface area (Å²) >= 11 is 0. The van der Waals surface area contributed by atoms with Crippen LogP contribution in [0.1, 0.15) is 45.2 Å². The van der Waals surface area contributed by atoms with Crippen LogP contribution in [0.3, 0.4) is 0 Å². The Morgan fingerprint density at radius 3 is 2.37 bits per heavy atom. The Hall–Kier alpha value is -0.860. The van der Waals surface area contributed by atoms with Gasteiger partial charge in [-0.05, 0) is 57.8 Å². The zero-order chi connectivity index (χ0) is 13.7. The molecule has 0 radical (unpaired) electrons. The van der Waals surface area contributed by atoms with Crippen LogP contribution in [0.2, 0.25) is 0 Å². The minimum absolute atomic E-state index is 0.445. The van der Waals surface area contributed by atoms with Crippen molar-refractivity contribution < 1.29 is 0 Å². The fourth-order valence-corrected chi connectivity index (χ4v) is 3.14. The smallest absolute Gasteiger partial charge is 0.0294 e. The Kier molecular flexibility index (Phi) is 5.41. The van der Waals surface area contributed by atoms with Gasteiger partial charge >= 0.3 is 0 Å². The molecule has 0 bridgehead atoms. The quantitative estimate of drug-likeness (QED) is 0.872. The van der Waals surface area contributed by atoms with Gasteiger partial charge in [0.15, 0.2) is 0 Å². The van der Waals surface area contributed by atoms with E-state index in [4.69, 9.17) is 0 Å². The summed E-state index contributed by atoms with van der Waals surface area (Å²) in [5.41, 5.74) is 1.39. The van der Waals surface area contributed by atoms with Crippen LogP contribution in [0.5, 0.6) is 0 Å². The van der Waals surface area contributed by atoms with Gasteiger partial charge in [-0.1, -0.05) is 37.3 Å². The van der Waals surface area contributed by atoms with Crippen molar-refractivity contribution in [2.24, 2.45) is 5.92 Å². The predicted molar refractivity (Wildman–Crippen MR) is 82.3 cm³/mol. The van der Waals surface area contributed by atoms with E-state index < -0.39 is 0 Å². The van der Waals surface area contributed by atoms with Gasteiger partial charge in [0.1, 0.15) is 0 Å². The molecule has 2 heteroatoms. The normalized spacial score (nSPS) is 21.2. The lowest BCUT2D eigenvalue weighted by Gasteiger charge is -2.35. The summed E-state index contributed by atoms with van der Waals surface area (Å²) in [5, 5.41) is 3.78. The monoisotopic (exact) mass is 260 g/mol. The third-order valence-electron chi connectivity index (χ3n) is 4.60. The Labute approximate surface area is 118 Å². The average molecular weight is 260 g/mol. The summed E-state index contributed by atoms with van der Waals surface area (Å²) in [5.74, 6) is 0.828. The summed E-state index contributed by atoms with van der Waals surface area (Å²) in [6.07, 6.45) is 2.67. The fourth-order valence-electron chi connectivity index (χ4n) is 3.14. The molecule has 1 saturated heterocycles. The summed E-state index contributed by atoms with van der Waals surface area (Å²) in [4.78, 5) is 2.56. The van der Waals surface area contributed by atoms with Crippen molar-refractivity contribution in [3.05, 3.63) is 35.9 Å². The molecule has 1 aliphatic heterocycles. The molecule has 1 aliphatic rings. The molecule has 0 aliphatic carbocycles. The van der Waals surface area contributed by atoms with E-state index in [0.717, 1.165) is 5.92 Å². The highest BCUT2D eigenvalue weighted by molar-refractivity contribution is 5.18. The van der Waals surface area contributed by atoms with E-state index in [2.05, 4.69) is 61.3 Å². The number of piperidine rings is 1. The van der Waals surface area contributed by atoms with Crippen molar-refractivity contribution in [2.75, 3.05) is 19.6 Å².